The van der Waals surface area contributed by atoms with Gasteiger partial charge in [0.2, 0.25) is 5.91 Å². The first-order valence-electron chi connectivity index (χ1n) is 8.74. The van der Waals surface area contributed by atoms with E-state index in [1.807, 2.05) is 30.3 Å². The highest BCUT2D eigenvalue weighted by molar-refractivity contribution is 5.88. The van der Waals surface area contributed by atoms with E-state index in [0.717, 1.165) is 5.56 Å². The maximum atomic E-state index is 13.1. The summed E-state index contributed by atoms with van der Waals surface area (Å²) in [7, 11) is 0. The zero-order chi connectivity index (χ0) is 19.3. The Morgan fingerprint density at radius 3 is 2.61 bits per heavy atom. The van der Waals surface area contributed by atoms with Gasteiger partial charge >= 0.3 is 0 Å². The van der Waals surface area contributed by atoms with Crippen LogP contribution in [0.25, 0.3) is 16.7 Å². The van der Waals surface area contributed by atoms with Gasteiger partial charge in [-0.3, -0.25) is 15.6 Å². The number of benzene rings is 2. The number of nitrogens with zero attached hydrogens (tertiary/aromatic N) is 4. The van der Waals surface area contributed by atoms with Crippen LogP contribution in [-0.4, -0.2) is 25.7 Å². The molecule has 1 amide bonds. The van der Waals surface area contributed by atoms with E-state index in [4.69, 9.17) is 0 Å². The monoisotopic (exact) mass is 376 g/mol. The molecule has 28 heavy (non-hydrogen) atoms. The number of hydrogen-bond acceptors (Lipinski definition) is 5. The molecule has 0 atom stereocenters. The third-order valence-electron chi connectivity index (χ3n) is 4.24. The fourth-order valence-electron chi connectivity index (χ4n) is 2.81. The van der Waals surface area contributed by atoms with Crippen LogP contribution in [0.15, 0.2) is 67.1 Å². The molecule has 0 saturated carbocycles. The van der Waals surface area contributed by atoms with Gasteiger partial charge < -0.3 is 0 Å². The predicted molar refractivity (Wildman–Crippen MR) is 103 cm³/mol. The van der Waals surface area contributed by atoms with Crippen molar-refractivity contribution in [1.29, 1.82) is 0 Å². The molecule has 2 N–H and O–H groups in total. The van der Waals surface area contributed by atoms with E-state index >= 15 is 0 Å². The first-order chi connectivity index (χ1) is 13.7. The van der Waals surface area contributed by atoms with E-state index in [2.05, 4.69) is 25.9 Å². The van der Waals surface area contributed by atoms with Gasteiger partial charge in [0, 0.05) is 6.42 Å². The Balaban J connectivity index is 1.46. The number of halogens is 1. The van der Waals surface area contributed by atoms with Gasteiger partial charge in [-0.05, 0) is 36.2 Å². The third-order valence-corrected chi connectivity index (χ3v) is 4.24. The van der Waals surface area contributed by atoms with Crippen molar-refractivity contribution >= 4 is 22.8 Å². The topological polar surface area (TPSA) is 84.7 Å². The number of hydrazine groups is 1. The second-order valence-corrected chi connectivity index (χ2v) is 6.15. The Bertz CT molecular complexity index is 1090. The van der Waals surface area contributed by atoms with Gasteiger partial charge in [0.15, 0.2) is 11.5 Å². The zero-order valence-electron chi connectivity index (χ0n) is 14.8. The van der Waals surface area contributed by atoms with Crippen LogP contribution in [0.3, 0.4) is 0 Å². The van der Waals surface area contributed by atoms with Crippen LogP contribution in [-0.2, 0) is 11.2 Å². The second-order valence-electron chi connectivity index (χ2n) is 6.15. The van der Waals surface area contributed by atoms with E-state index in [1.54, 1.807) is 23.0 Å². The average molecular weight is 376 g/mol. The van der Waals surface area contributed by atoms with Crippen molar-refractivity contribution < 1.29 is 9.18 Å². The Morgan fingerprint density at radius 2 is 1.82 bits per heavy atom. The standard InChI is InChI=1S/C20H17FN6O/c21-15-7-9-16(10-8-15)27-20-17(12-24-27)19(22-13-23-20)26-25-18(28)11-6-14-4-2-1-3-5-14/h1-5,7-10,12-13H,6,11H2,(H,25,28)(H,22,23,26). The van der Waals surface area contributed by atoms with Gasteiger partial charge in [-0.2, -0.15) is 5.10 Å². The summed E-state index contributed by atoms with van der Waals surface area (Å²) < 4.78 is 14.7. The lowest BCUT2D eigenvalue weighted by Gasteiger charge is -2.09. The van der Waals surface area contributed by atoms with Crippen LogP contribution in [0.1, 0.15) is 12.0 Å². The number of aryl methyl sites for hydroxylation is 1. The summed E-state index contributed by atoms with van der Waals surface area (Å²) in [5, 5.41) is 4.93. The maximum Gasteiger partial charge on any atom is 0.238 e. The highest BCUT2D eigenvalue weighted by atomic mass is 19.1. The van der Waals surface area contributed by atoms with E-state index < -0.39 is 0 Å². The molecule has 4 aromatic rings. The summed E-state index contributed by atoms with van der Waals surface area (Å²) in [4.78, 5) is 20.5. The lowest BCUT2D eigenvalue weighted by atomic mass is 10.1. The molecule has 0 fully saturated rings. The number of nitrogens with one attached hydrogen (secondary N) is 2. The Morgan fingerprint density at radius 1 is 1.04 bits per heavy atom. The first kappa shape index (κ1) is 17.6. The number of hydrogen-bond donors (Lipinski definition) is 2. The van der Waals surface area contributed by atoms with Gasteiger partial charge in [-0.1, -0.05) is 30.3 Å². The van der Waals surface area contributed by atoms with Crippen molar-refractivity contribution in [3.8, 4) is 5.69 Å². The highest BCUT2D eigenvalue weighted by Crippen LogP contribution is 2.21. The minimum absolute atomic E-state index is 0.151. The summed E-state index contributed by atoms with van der Waals surface area (Å²) in [6.45, 7) is 0. The van der Waals surface area contributed by atoms with Crippen molar-refractivity contribution in [2.24, 2.45) is 0 Å². The van der Waals surface area contributed by atoms with Crippen LogP contribution in [0.5, 0.6) is 0 Å². The Labute approximate surface area is 160 Å². The smallest absolute Gasteiger partial charge is 0.238 e. The molecule has 140 valence electrons. The average Bonchev–Trinajstić information content (AvgIpc) is 3.17. The molecular formula is C20H17FN6O. The first-order valence-corrected chi connectivity index (χ1v) is 8.74. The molecule has 7 nitrogen and oxygen atoms in total. The summed E-state index contributed by atoms with van der Waals surface area (Å²) in [6.07, 6.45) is 3.97. The number of amides is 1. The van der Waals surface area contributed by atoms with Crippen molar-refractivity contribution in [2.45, 2.75) is 12.8 Å². The molecule has 4 rings (SSSR count). The summed E-state index contributed by atoms with van der Waals surface area (Å²) in [5.74, 6) is -0.0385. The number of fused-ring (bicyclic) bond motifs is 1. The van der Waals surface area contributed by atoms with Gasteiger partial charge in [0.25, 0.3) is 0 Å². The van der Waals surface area contributed by atoms with Crippen LogP contribution in [0, 0.1) is 5.82 Å². The van der Waals surface area contributed by atoms with Crippen molar-refractivity contribution in [3.63, 3.8) is 0 Å². The molecule has 0 aliphatic rings. The van der Waals surface area contributed by atoms with E-state index in [-0.39, 0.29) is 11.7 Å². The summed E-state index contributed by atoms with van der Waals surface area (Å²) in [5.41, 5.74) is 7.80. The quantitative estimate of drug-likeness (QED) is 0.505. The van der Waals surface area contributed by atoms with Crippen LogP contribution in [0.2, 0.25) is 0 Å². The molecular weight excluding hydrogens is 359 g/mol. The lowest BCUT2D eigenvalue weighted by molar-refractivity contribution is -0.120. The molecule has 2 heterocycles. The number of rotatable bonds is 6. The lowest BCUT2D eigenvalue weighted by Crippen LogP contribution is -2.30. The maximum absolute atomic E-state index is 13.1. The third kappa shape index (κ3) is 3.80. The Kier molecular flexibility index (Phi) is 4.92. The molecule has 0 aliphatic carbocycles. The minimum Gasteiger partial charge on any atom is -0.281 e. The normalized spacial score (nSPS) is 10.8. The van der Waals surface area contributed by atoms with Crippen LogP contribution >= 0.6 is 0 Å². The van der Waals surface area contributed by atoms with Crippen LogP contribution in [0.4, 0.5) is 10.2 Å². The van der Waals surface area contributed by atoms with Gasteiger partial charge in [-0.25, -0.2) is 19.0 Å². The number of carbonyl (C=O) groups excluding carboxylic acids is 1. The molecule has 0 aliphatic heterocycles. The number of carbonyl (C=O) groups is 1. The number of anilines is 1. The van der Waals surface area contributed by atoms with Gasteiger partial charge in [0.05, 0.1) is 17.3 Å². The van der Waals surface area contributed by atoms with Crippen LogP contribution < -0.4 is 10.9 Å². The van der Waals surface area contributed by atoms with Gasteiger partial charge in [-0.15, -0.1) is 0 Å². The van der Waals surface area contributed by atoms with E-state index in [1.165, 1.54) is 18.5 Å². The summed E-state index contributed by atoms with van der Waals surface area (Å²) >= 11 is 0. The van der Waals surface area contributed by atoms with E-state index in [0.29, 0.717) is 35.4 Å². The molecule has 2 aromatic heterocycles. The molecule has 0 spiro atoms. The Hall–Kier alpha value is -3.81. The minimum atomic E-state index is -0.324. The van der Waals surface area contributed by atoms with Crippen molar-refractivity contribution in [3.05, 3.63) is 78.5 Å². The van der Waals surface area contributed by atoms with Gasteiger partial charge in [0.1, 0.15) is 12.1 Å². The fraction of sp³-hybridized carbons (Fsp3) is 0.100. The number of aromatic nitrogens is 4. The largest absolute Gasteiger partial charge is 0.281 e. The molecule has 2 aromatic carbocycles. The predicted octanol–water partition coefficient (Wildman–Crippen LogP) is 3.03. The second kappa shape index (κ2) is 7.83. The summed E-state index contributed by atoms with van der Waals surface area (Å²) in [6, 6.07) is 15.7. The SMILES string of the molecule is O=C(CCc1ccccc1)NNc1ncnc2c1cnn2-c1ccc(F)cc1. The molecule has 0 unspecified atom stereocenters. The zero-order valence-corrected chi connectivity index (χ0v) is 14.8. The fourth-order valence-corrected chi connectivity index (χ4v) is 2.81. The molecule has 0 bridgehead atoms. The van der Waals surface area contributed by atoms with E-state index in [9.17, 15) is 9.18 Å². The molecule has 0 saturated heterocycles. The van der Waals surface area contributed by atoms with Crippen molar-refractivity contribution in [1.82, 2.24) is 25.2 Å². The highest BCUT2D eigenvalue weighted by Gasteiger charge is 2.12. The van der Waals surface area contributed by atoms with Crippen molar-refractivity contribution in [2.75, 3.05) is 5.43 Å². The molecule has 8 heteroatoms. The molecule has 0 radical (unpaired) electrons.